The van der Waals surface area contributed by atoms with Gasteiger partial charge in [-0.25, -0.2) is 0 Å². The maximum atomic E-state index is 11.1. The summed E-state index contributed by atoms with van der Waals surface area (Å²) in [6, 6.07) is 0. The summed E-state index contributed by atoms with van der Waals surface area (Å²) < 4.78 is 4.68. The molecule has 0 fully saturated rings. The molecule has 12 heavy (non-hydrogen) atoms. The van der Waals surface area contributed by atoms with Gasteiger partial charge in [0.1, 0.15) is 5.92 Å². The molecule has 1 atom stereocenters. The van der Waals surface area contributed by atoms with Crippen molar-refractivity contribution >= 4 is 18.0 Å². The molecule has 0 aliphatic carbocycles. The number of Topliss-reactive ketones (excluding diaryl/α,β-unsaturated/α-hetero) is 1. The molecule has 0 bridgehead atoms. The van der Waals surface area contributed by atoms with Gasteiger partial charge >= 0.3 is 5.97 Å². The zero-order chi connectivity index (χ0) is 8.97. The van der Waals surface area contributed by atoms with Crippen LogP contribution in [0.5, 0.6) is 0 Å². The third-order valence-electron chi connectivity index (χ3n) is 1.41. The maximum Gasteiger partial charge on any atom is 0.320 e. The summed E-state index contributed by atoms with van der Waals surface area (Å²) in [6.07, 6.45) is 3.98. The van der Waals surface area contributed by atoms with Crippen LogP contribution in [-0.4, -0.2) is 24.6 Å². The van der Waals surface area contributed by atoms with E-state index in [1.165, 1.54) is 12.3 Å². The van der Waals surface area contributed by atoms with E-state index in [0.717, 1.165) is 6.21 Å². The number of carbonyl (C=O) groups is 2. The molecule has 0 amide bonds. The lowest BCUT2D eigenvalue weighted by atomic mass is 10.0. The van der Waals surface area contributed by atoms with Crippen LogP contribution >= 0.6 is 0 Å². The molecule has 0 radical (unpaired) electrons. The van der Waals surface area contributed by atoms with Crippen molar-refractivity contribution in [3.05, 3.63) is 12.3 Å². The third-order valence-corrected chi connectivity index (χ3v) is 1.41. The van der Waals surface area contributed by atoms with Crippen LogP contribution in [0.15, 0.2) is 17.3 Å². The smallest absolute Gasteiger partial charge is 0.320 e. The topological polar surface area (TPSA) is 55.7 Å². The lowest BCUT2D eigenvalue weighted by Crippen LogP contribution is -2.26. The largest absolute Gasteiger partial charge is 0.465 e. The molecule has 0 saturated carbocycles. The first-order valence-corrected chi connectivity index (χ1v) is 3.66. The van der Waals surface area contributed by atoms with E-state index in [9.17, 15) is 9.59 Å². The second-order valence-electron chi connectivity index (χ2n) is 2.25. The molecule has 0 spiro atoms. The summed E-state index contributed by atoms with van der Waals surface area (Å²) in [5, 5.41) is 0. The first-order chi connectivity index (χ1) is 5.75. The minimum Gasteiger partial charge on any atom is -0.465 e. The second-order valence-corrected chi connectivity index (χ2v) is 2.25. The zero-order valence-electron chi connectivity index (χ0n) is 6.69. The minimum absolute atomic E-state index is 0.285. The Balaban J connectivity index is 2.63. The number of nitrogens with zero attached hydrogens (tertiary/aromatic N) is 1. The molecule has 0 aromatic rings. The van der Waals surface area contributed by atoms with Gasteiger partial charge in [-0.15, -0.1) is 0 Å². The first kappa shape index (κ1) is 8.64. The molecule has 0 N–H and O–H groups in total. The van der Waals surface area contributed by atoms with Crippen LogP contribution in [-0.2, 0) is 14.3 Å². The predicted molar refractivity (Wildman–Crippen MR) is 42.8 cm³/mol. The molecular formula is C8H9NO3. The monoisotopic (exact) mass is 167 g/mol. The Morgan fingerprint density at radius 3 is 3.08 bits per heavy atom. The molecule has 0 saturated heterocycles. The molecule has 1 unspecified atom stereocenters. The molecule has 64 valence electrons. The first-order valence-electron chi connectivity index (χ1n) is 3.66. The molecule has 1 aliphatic heterocycles. The molecule has 1 aliphatic rings. The normalized spacial score (nSPS) is 21.1. The van der Waals surface area contributed by atoms with Gasteiger partial charge in [-0.2, -0.15) is 0 Å². The van der Waals surface area contributed by atoms with E-state index in [1.54, 1.807) is 6.92 Å². The van der Waals surface area contributed by atoms with E-state index in [-0.39, 0.29) is 12.4 Å². The SMILES string of the molecule is CCOC(=O)C1C=CN=CC1=O. The maximum absolute atomic E-state index is 11.1. The molecule has 1 rings (SSSR count). The molecule has 4 nitrogen and oxygen atoms in total. The van der Waals surface area contributed by atoms with Crippen LogP contribution in [0, 0.1) is 5.92 Å². The van der Waals surface area contributed by atoms with Crippen LogP contribution in [0.25, 0.3) is 0 Å². The summed E-state index contributed by atoms with van der Waals surface area (Å²) >= 11 is 0. The van der Waals surface area contributed by atoms with E-state index in [0.29, 0.717) is 0 Å². The van der Waals surface area contributed by atoms with Crippen LogP contribution in [0.1, 0.15) is 6.92 Å². The van der Waals surface area contributed by atoms with Crippen molar-refractivity contribution in [2.75, 3.05) is 6.61 Å². The van der Waals surface area contributed by atoms with Crippen molar-refractivity contribution in [2.45, 2.75) is 6.92 Å². The summed E-state index contributed by atoms with van der Waals surface area (Å²) in [4.78, 5) is 25.6. The Morgan fingerprint density at radius 1 is 1.75 bits per heavy atom. The Morgan fingerprint density at radius 2 is 2.50 bits per heavy atom. The van der Waals surface area contributed by atoms with Gasteiger partial charge in [0.2, 0.25) is 0 Å². The van der Waals surface area contributed by atoms with Gasteiger partial charge in [0.25, 0.3) is 0 Å². The fourth-order valence-corrected chi connectivity index (χ4v) is 0.854. The van der Waals surface area contributed by atoms with E-state index in [1.807, 2.05) is 0 Å². The van der Waals surface area contributed by atoms with Gasteiger partial charge in [0.05, 0.1) is 12.8 Å². The van der Waals surface area contributed by atoms with Gasteiger partial charge in [-0.3, -0.25) is 14.6 Å². The number of hydrogen-bond acceptors (Lipinski definition) is 4. The van der Waals surface area contributed by atoms with Gasteiger partial charge in [-0.05, 0) is 13.0 Å². The fraction of sp³-hybridized carbons (Fsp3) is 0.375. The molecule has 0 aromatic carbocycles. The lowest BCUT2D eigenvalue weighted by Gasteiger charge is -2.08. The number of ether oxygens (including phenoxy) is 1. The average Bonchev–Trinajstić information content (AvgIpc) is 2.05. The van der Waals surface area contributed by atoms with E-state index >= 15 is 0 Å². The van der Waals surface area contributed by atoms with Crippen LogP contribution in [0.3, 0.4) is 0 Å². The summed E-state index contributed by atoms with van der Waals surface area (Å²) in [5.41, 5.74) is 0. The van der Waals surface area contributed by atoms with E-state index in [2.05, 4.69) is 9.73 Å². The van der Waals surface area contributed by atoms with Crippen molar-refractivity contribution in [1.82, 2.24) is 0 Å². The Bertz CT molecular complexity index is 255. The predicted octanol–water partition coefficient (Wildman–Crippen LogP) is 0.333. The van der Waals surface area contributed by atoms with Crippen LogP contribution in [0.2, 0.25) is 0 Å². The Labute approximate surface area is 69.9 Å². The van der Waals surface area contributed by atoms with Gasteiger partial charge in [0.15, 0.2) is 5.78 Å². The van der Waals surface area contributed by atoms with Crippen LogP contribution < -0.4 is 0 Å². The minimum atomic E-state index is -0.789. The highest BCUT2D eigenvalue weighted by Gasteiger charge is 2.24. The highest BCUT2D eigenvalue weighted by Crippen LogP contribution is 2.06. The van der Waals surface area contributed by atoms with E-state index < -0.39 is 11.9 Å². The number of ketones is 1. The summed E-state index contributed by atoms with van der Waals surface area (Å²) in [5.74, 6) is -1.62. The Hall–Kier alpha value is -1.45. The van der Waals surface area contributed by atoms with Gasteiger partial charge < -0.3 is 4.74 Å². The highest BCUT2D eigenvalue weighted by atomic mass is 16.5. The van der Waals surface area contributed by atoms with E-state index in [4.69, 9.17) is 0 Å². The van der Waals surface area contributed by atoms with Crippen molar-refractivity contribution in [1.29, 1.82) is 0 Å². The number of esters is 1. The molecular weight excluding hydrogens is 158 g/mol. The molecule has 0 aromatic heterocycles. The number of carbonyl (C=O) groups excluding carboxylic acids is 2. The molecule has 1 heterocycles. The van der Waals surface area contributed by atoms with Crippen molar-refractivity contribution in [3.8, 4) is 0 Å². The van der Waals surface area contributed by atoms with Crippen LogP contribution in [0.4, 0.5) is 0 Å². The summed E-state index contributed by atoms with van der Waals surface area (Å²) in [7, 11) is 0. The standard InChI is InChI=1S/C8H9NO3/c1-2-12-8(11)6-3-4-9-5-7(6)10/h3-6H,2H2,1H3. The number of rotatable bonds is 2. The third kappa shape index (κ3) is 1.78. The second kappa shape index (κ2) is 3.80. The Kier molecular flexibility index (Phi) is 2.74. The molecule has 4 heteroatoms. The summed E-state index contributed by atoms with van der Waals surface area (Å²) in [6.45, 7) is 1.98. The number of aliphatic imine (C=N–C) groups is 1. The van der Waals surface area contributed by atoms with Crippen molar-refractivity contribution < 1.29 is 14.3 Å². The fourth-order valence-electron chi connectivity index (χ4n) is 0.854. The van der Waals surface area contributed by atoms with Crippen molar-refractivity contribution in [3.63, 3.8) is 0 Å². The average molecular weight is 167 g/mol. The van der Waals surface area contributed by atoms with Gasteiger partial charge in [0, 0.05) is 6.20 Å². The zero-order valence-corrected chi connectivity index (χ0v) is 6.69. The lowest BCUT2D eigenvalue weighted by molar-refractivity contribution is -0.148. The number of hydrogen-bond donors (Lipinski definition) is 0. The van der Waals surface area contributed by atoms with Crippen molar-refractivity contribution in [2.24, 2.45) is 10.9 Å². The highest BCUT2D eigenvalue weighted by molar-refractivity contribution is 6.34. The quantitative estimate of drug-likeness (QED) is 0.440. The van der Waals surface area contributed by atoms with Gasteiger partial charge in [-0.1, -0.05) is 0 Å².